The summed E-state index contributed by atoms with van der Waals surface area (Å²) in [6, 6.07) is 20.0. The van der Waals surface area contributed by atoms with Crippen molar-refractivity contribution in [1.82, 2.24) is 0 Å². The molecular formula is C17H14BrNOS. The van der Waals surface area contributed by atoms with Crippen LogP contribution < -0.4 is 5.73 Å². The summed E-state index contributed by atoms with van der Waals surface area (Å²) in [6.45, 7) is 0. The lowest BCUT2D eigenvalue weighted by atomic mass is 10.2. The molecule has 4 heteroatoms. The molecule has 2 aromatic carbocycles. The first-order valence-electron chi connectivity index (χ1n) is 6.54. The smallest absolute Gasteiger partial charge is 0.134 e. The summed E-state index contributed by atoms with van der Waals surface area (Å²) in [4.78, 5) is 1.08. The van der Waals surface area contributed by atoms with Crippen LogP contribution in [0.5, 0.6) is 0 Å². The van der Waals surface area contributed by atoms with Gasteiger partial charge in [0, 0.05) is 20.6 Å². The number of rotatable bonds is 4. The van der Waals surface area contributed by atoms with E-state index >= 15 is 0 Å². The molecule has 0 amide bonds. The molecule has 1 aromatic heterocycles. The number of furan rings is 1. The molecule has 106 valence electrons. The van der Waals surface area contributed by atoms with Crippen molar-refractivity contribution in [3.05, 3.63) is 70.9 Å². The molecule has 0 unspecified atom stereocenters. The number of hydrogen-bond donors (Lipinski definition) is 1. The van der Waals surface area contributed by atoms with Crippen molar-refractivity contribution in [2.24, 2.45) is 0 Å². The van der Waals surface area contributed by atoms with Gasteiger partial charge in [0.15, 0.2) is 0 Å². The molecule has 2 nitrogen and oxygen atoms in total. The Kier molecular flexibility index (Phi) is 4.36. The SMILES string of the molecule is Nc1ccccc1SCc1ccc(-c2ccc(Br)cc2)o1. The first kappa shape index (κ1) is 14.3. The van der Waals surface area contributed by atoms with Gasteiger partial charge < -0.3 is 10.2 Å². The molecule has 0 saturated heterocycles. The normalized spacial score (nSPS) is 10.7. The van der Waals surface area contributed by atoms with Crippen molar-refractivity contribution in [3.63, 3.8) is 0 Å². The highest BCUT2D eigenvalue weighted by Gasteiger charge is 2.06. The molecule has 0 atom stereocenters. The summed E-state index contributed by atoms with van der Waals surface area (Å²) >= 11 is 5.12. The van der Waals surface area contributed by atoms with Crippen molar-refractivity contribution in [3.8, 4) is 11.3 Å². The lowest BCUT2D eigenvalue weighted by Gasteiger charge is -2.03. The fraction of sp³-hybridized carbons (Fsp3) is 0.0588. The van der Waals surface area contributed by atoms with Crippen LogP contribution in [0.4, 0.5) is 5.69 Å². The lowest BCUT2D eigenvalue weighted by Crippen LogP contribution is -1.87. The van der Waals surface area contributed by atoms with Gasteiger partial charge in [0.2, 0.25) is 0 Å². The fourth-order valence-electron chi connectivity index (χ4n) is 1.99. The van der Waals surface area contributed by atoms with Crippen LogP contribution in [0.1, 0.15) is 5.76 Å². The van der Waals surface area contributed by atoms with Crippen molar-refractivity contribution >= 4 is 33.4 Å². The Bertz CT molecular complexity index is 737. The predicted octanol–water partition coefficient (Wildman–Crippen LogP) is 5.58. The summed E-state index contributed by atoms with van der Waals surface area (Å²) < 4.78 is 6.96. The van der Waals surface area contributed by atoms with E-state index in [0.717, 1.165) is 37.9 Å². The van der Waals surface area contributed by atoms with Gasteiger partial charge in [-0.3, -0.25) is 0 Å². The average molecular weight is 360 g/mol. The maximum absolute atomic E-state index is 5.94. The summed E-state index contributed by atoms with van der Waals surface area (Å²) in [5, 5.41) is 0. The van der Waals surface area contributed by atoms with Crippen LogP contribution in [-0.2, 0) is 5.75 Å². The Morgan fingerprint density at radius 3 is 2.48 bits per heavy atom. The van der Waals surface area contributed by atoms with E-state index in [2.05, 4.69) is 15.9 Å². The average Bonchev–Trinajstić information content (AvgIpc) is 2.96. The zero-order chi connectivity index (χ0) is 14.7. The first-order valence-corrected chi connectivity index (χ1v) is 8.32. The number of nitrogens with two attached hydrogens (primary N) is 1. The van der Waals surface area contributed by atoms with Gasteiger partial charge in [-0.25, -0.2) is 0 Å². The van der Waals surface area contributed by atoms with E-state index in [0.29, 0.717) is 0 Å². The van der Waals surface area contributed by atoms with Crippen molar-refractivity contribution < 1.29 is 4.42 Å². The highest BCUT2D eigenvalue weighted by atomic mass is 79.9. The number of benzene rings is 2. The van der Waals surface area contributed by atoms with Crippen molar-refractivity contribution in [2.75, 3.05) is 5.73 Å². The number of anilines is 1. The molecule has 0 aliphatic heterocycles. The van der Waals surface area contributed by atoms with Crippen molar-refractivity contribution in [1.29, 1.82) is 0 Å². The minimum absolute atomic E-state index is 0.769. The summed E-state index contributed by atoms with van der Waals surface area (Å²) in [5.41, 5.74) is 7.82. The monoisotopic (exact) mass is 359 g/mol. The molecule has 0 fully saturated rings. The van der Waals surface area contributed by atoms with Gasteiger partial charge in [-0.15, -0.1) is 11.8 Å². The van der Waals surface area contributed by atoms with E-state index in [4.69, 9.17) is 10.2 Å². The third-order valence-electron chi connectivity index (χ3n) is 3.08. The van der Waals surface area contributed by atoms with Gasteiger partial charge in [0.1, 0.15) is 11.5 Å². The van der Waals surface area contributed by atoms with Gasteiger partial charge in [0.05, 0.1) is 5.75 Å². The largest absolute Gasteiger partial charge is 0.460 e. The number of para-hydroxylation sites is 1. The quantitative estimate of drug-likeness (QED) is 0.487. The topological polar surface area (TPSA) is 39.2 Å². The van der Waals surface area contributed by atoms with Crippen LogP contribution in [0, 0.1) is 0 Å². The Morgan fingerprint density at radius 2 is 1.71 bits per heavy atom. The summed E-state index contributed by atoms with van der Waals surface area (Å²) in [7, 11) is 0. The van der Waals surface area contributed by atoms with Crippen molar-refractivity contribution in [2.45, 2.75) is 10.6 Å². The molecule has 1 heterocycles. The molecular weight excluding hydrogens is 346 g/mol. The number of halogens is 1. The second-order valence-corrected chi connectivity index (χ2v) is 6.53. The maximum Gasteiger partial charge on any atom is 0.134 e. The third kappa shape index (κ3) is 3.52. The number of nitrogen functional groups attached to an aromatic ring is 1. The van der Waals surface area contributed by atoms with E-state index in [9.17, 15) is 0 Å². The Balaban J connectivity index is 1.71. The molecule has 0 spiro atoms. The molecule has 0 aliphatic rings. The van der Waals surface area contributed by atoms with E-state index in [-0.39, 0.29) is 0 Å². The Hall–Kier alpha value is -1.65. The first-order chi connectivity index (χ1) is 10.2. The van der Waals surface area contributed by atoms with Crippen LogP contribution in [0.3, 0.4) is 0 Å². The zero-order valence-corrected chi connectivity index (χ0v) is 13.7. The molecule has 0 saturated carbocycles. The van der Waals surface area contributed by atoms with E-state index in [1.54, 1.807) is 11.8 Å². The highest BCUT2D eigenvalue weighted by molar-refractivity contribution is 9.10. The minimum atomic E-state index is 0.769. The molecule has 0 radical (unpaired) electrons. The van der Waals surface area contributed by atoms with Crippen LogP contribution in [-0.4, -0.2) is 0 Å². The molecule has 2 N–H and O–H groups in total. The van der Waals surface area contributed by atoms with Crippen LogP contribution in [0.25, 0.3) is 11.3 Å². The van der Waals surface area contributed by atoms with Gasteiger partial charge in [-0.1, -0.05) is 40.2 Å². The van der Waals surface area contributed by atoms with E-state index in [1.165, 1.54) is 0 Å². The Morgan fingerprint density at radius 1 is 0.952 bits per heavy atom. The summed E-state index contributed by atoms with van der Waals surface area (Å²) in [6.07, 6.45) is 0. The van der Waals surface area contributed by atoms with E-state index < -0.39 is 0 Å². The van der Waals surface area contributed by atoms with Crippen LogP contribution in [0.2, 0.25) is 0 Å². The molecule has 3 aromatic rings. The highest BCUT2D eigenvalue weighted by Crippen LogP contribution is 2.30. The second kappa shape index (κ2) is 6.41. The lowest BCUT2D eigenvalue weighted by molar-refractivity contribution is 0.544. The third-order valence-corrected chi connectivity index (χ3v) is 4.72. The number of hydrogen-bond acceptors (Lipinski definition) is 3. The van der Waals surface area contributed by atoms with Gasteiger partial charge in [-0.05, 0) is 36.4 Å². The maximum atomic E-state index is 5.94. The second-order valence-electron chi connectivity index (χ2n) is 4.60. The summed E-state index contributed by atoms with van der Waals surface area (Å²) in [5.74, 6) is 2.60. The standard InChI is InChI=1S/C17H14BrNOS/c18-13-7-5-12(6-8-13)16-10-9-14(20-16)11-21-17-4-2-1-3-15(17)19/h1-10H,11,19H2. The Labute approximate surface area is 136 Å². The molecule has 0 aliphatic carbocycles. The van der Waals surface area contributed by atoms with Crippen LogP contribution >= 0.6 is 27.7 Å². The molecule has 0 bridgehead atoms. The molecule has 3 rings (SSSR count). The zero-order valence-electron chi connectivity index (χ0n) is 11.3. The number of thioether (sulfide) groups is 1. The minimum Gasteiger partial charge on any atom is -0.460 e. The molecule has 21 heavy (non-hydrogen) atoms. The van der Waals surface area contributed by atoms with Gasteiger partial charge >= 0.3 is 0 Å². The van der Waals surface area contributed by atoms with E-state index in [1.807, 2.05) is 60.7 Å². The van der Waals surface area contributed by atoms with Gasteiger partial charge in [-0.2, -0.15) is 0 Å². The fourth-order valence-corrected chi connectivity index (χ4v) is 3.11. The van der Waals surface area contributed by atoms with Gasteiger partial charge in [0.25, 0.3) is 0 Å². The predicted molar refractivity (Wildman–Crippen MR) is 92.3 cm³/mol. The van der Waals surface area contributed by atoms with Crippen LogP contribution in [0.15, 0.2) is 74.4 Å².